The first-order chi connectivity index (χ1) is 10.1. The van der Waals surface area contributed by atoms with Crippen molar-refractivity contribution in [3.63, 3.8) is 0 Å². The van der Waals surface area contributed by atoms with Gasteiger partial charge in [0.1, 0.15) is 11.6 Å². The molecule has 1 aromatic carbocycles. The van der Waals surface area contributed by atoms with Crippen molar-refractivity contribution in [3.05, 3.63) is 53.4 Å². The molecule has 5 heteroatoms. The number of aryl methyl sites for hydroxylation is 1. The van der Waals surface area contributed by atoms with E-state index in [0.29, 0.717) is 12.1 Å². The standard InChI is InChI=1S/C16H18FN3O/c1-11-10-18-16(19-11)14-7-4-8-20(14)15(21)9-12-5-2-3-6-13(12)17/h2-3,5-6,10,14H,4,7-9H2,1H3,(H,18,19)/t14-/m1/s1. The molecule has 1 aromatic heterocycles. The van der Waals surface area contributed by atoms with E-state index < -0.39 is 0 Å². The fraction of sp³-hybridized carbons (Fsp3) is 0.375. The smallest absolute Gasteiger partial charge is 0.227 e. The molecule has 1 saturated heterocycles. The number of aromatic amines is 1. The van der Waals surface area contributed by atoms with Crippen LogP contribution in [0.1, 0.15) is 36.0 Å². The zero-order valence-electron chi connectivity index (χ0n) is 12.0. The SMILES string of the molecule is Cc1cnc([C@H]2CCCN2C(=O)Cc2ccccc2F)[nH]1. The van der Waals surface area contributed by atoms with Gasteiger partial charge in [-0.1, -0.05) is 18.2 Å². The van der Waals surface area contributed by atoms with E-state index in [-0.39, 0.29) is 24.2 Å². The fourth-order valence-corrected chi connectivity index (χ4v) is 2.86. The summed E-state index contributed by atoms with van der Waals surface area (Å²) in [7, 11) is 0. The van der Waals surface area contributed by atoms with Gasteiger partial charge in [-0.25, -0.2) is 9.37 Å². The predicted octanol–water partition coefficient (Wildman–Crippen LogP) is 2.76. The largest absolute Gasteiger partial charge is 0.344 e. The van der Waals surface area contributed by atoms with Crippen molar-refractivity contribution < 1.29 is 9.18 Å². The summed E-state index contributed by atoms with van der Waals surface area (Å²) in [5.41, 5.74) is 1.43. The van der Waals surface area contributed by atoms with Crippen molar-refractivity contribution in [2.45, 2.75) is 32.2 Å². The Kier molecular flexibility index (Phi) is 3.73. The first-order valence-corrected chi connectivity index (χ1v) is 7.19. The topological polar surface area (TPSA) is 49.0 Å². The van der Waals surface area contributed by atoms with Crippen molar-refractivity contribution in [3.8, 4) is 0 Å². The molecule has 2 heterocycles. The van der Waals surface area contributed by atoms with Crippen LogP contribution in [0.25, 0.3) is 0 Å². The molecule has 0 radical (unpaired) electrons. The second kappa shape index (κ2) is 5.68. The number of likely N-dealkylation sites (tertiary alicyclic amines) is 1. The van der Waals surface area contributed by atoms with Crippen LogP contribution in [-0.4, -0.2) is 27.3 Å². The van der Waals surface area contributed by atoms with Crippen molar-refractivity contribution in [1.82, 2.24) is 14.9 Å². The van der Waals surface area contributed by atoms with E-state index in [4.69, 9.17) is 0 Å². The van der Waals surface area contributed by atoms with Crippen LogP contribution in [0.15, 0.2) is 30.5 Å². The molecule has 2 aromatic rings. The van der Waals surface area contributed by atoms with E-state index in [1.807, 2.05) is 11.8 Å². The number of amides is 1. The second-order valence-corrected chi connectivity index (χ2v) is 5.46. The molecule has 1 N–H and O–H groups in total. The lowest BCUT2D eigenvalue weighted by molar-refractivity contribution is -0.131. The van der Waals surface area contributed by atoms with Crippen LogP contribution in [0, 0.1) is 12.7 Å². The van der Waals surface area contributed by atoms with Crippen molar-refractivity contribution in [1.29, 1.82) is 0 Å². The third kappa shape index (κ3) is 2.82. The van der Waals surface area contributed by atoms with Gasteiger partial charge in [-0.15, -0.1) is 0 Å². The normalized spacial score (nSPS) is 18.2. The highest BCUT2D eigenvalue weighted by Crippen LogP contribution is 2.30. The maximum Gasteiger partial charge on any atom is 0.227 e. The minimum atomic E-state index is -0.324. The number of benzene rings is 1. The fourth-order valence-electron chi connectivity index (χ4n) is 2.86. The summed E-state index contributed by atoms with van der Waals surface area (Å²) in [5, 5.41) is 0. The number of hydrogen-bond donors (Lipinski definition) is 1. The zero-order chi connectivity index (χ0) is 14.8. The van der Waals surface area contributed by atoms with Gasteiger partial charge in [0, 0.05) is 18.4 Å². The molecule has 110 valence electrons. The van der Waals surface area contributed by atoms with Gasteiger partial charge in [0.05, 0.1) is 12.5 Å². The molecule has 0 bridgehead atoms. The van der Waals surface area contributed by atoms with Gasteiger partial charge in [-0.05, 0) is 31.4 Å². The van der Waals surface area contributed by atoms with Crippen LogP contribution in [0.3, 0.4) is 0 Å². The van der Waals surface area contributed by atoms with E-state index in [2.05, 4.69) is 9.97 Å². The number of nitrogens with zero attached hydrogens (tertiary/aromatic N) is 2. The summed E-state index contributed by atoms with van der Waals surface area (Å²) in [6, 6.07) is 6.42. The predicted molar refractivity (Wildman–Crippen MR) is 77.1 cm³/mol. The number of hydrogen-bond acceptors (Lipinski definition) is 2. The van der Waals surface area contributed by atoms with Gasteiger partial charge in [0.15, 0.2) is 0 Å². The van der Waals surface area contributed by atoms with E-state index in [0.717, 1.165) is 24.4 Å². The summed E-state index contributed by atoms with van der Waals surface area (Å²) < 4.78 is 13.7. The van der Waals surface area contributed by atoms with Gasteiger partial charge >= 0.3 is 0 Å². The molecular formula is C16H18FN3O. The molecule has 1 fully saturated rings. The van der Waals surface area contributed by atoms with Crippen LogP contribution >= 0.6 is 0 Å². The number of rotatable bonds is 3. The van der Waals surface area contributed by atoms with Crippen LogP contribution in [0.2, 0.25) is 0 Å². The molecular weight excluding hydrogens is 269 g/mol. The Morgan fingerprint density at radius 3 is 3.00 bits per heavy atom. The lowest BCUT2D eigenvalue weighted by atomic mass is 10.1. The van der Waals surface area contributed by atoms with Gasteiger partial charge < -0.3 is 9.88 Å². The molecule has 0 saturated carbocycles. The summed E-state index contributed by atoms with van der Waals surface area (Å²) in [6.45, 7) is 2.65. The molecule has 1 aliphatic heterocycles. The minimum Gasteiger partial charge on any atom is -0.344 e. The number of carbonyl (C=O) groups is 1. The minimum absolute atomic E-state index is 0.0158. The maximum absolute atomic E-state index is 13.7. The summed E-state index contributed by atoms with van der Waals surface area (Å²) in [6.07, 6.45) is 3.72. The van der Waals surface area contributed by atoms with E-state index in [1.165, 1.54) is 6.07 Å². The zero-order valence-corrected chi connectivity index (χ0v) is 12.0. The molecule has 0 aliphatic carbocycles. The molecule has 3 rings (SSSR count). The Labute approximate surface area is 123 Å². The molecule has 1 amide bonds. The van der Waals surface area contributed by atoms with Gasteiger partial charge in [-0.3, -0.25) is 4.79 Å². The third-order valence-corrected chi connectivity index (χ3v) is 3.91. The average Bonchev–Trinajstić information content (AvgIpc) is 3.09. The Hall–Kier alpha value is -2.17. The molecule has 4 nitrogen and oxygen atoms in total. The summed E-state index contributed by atoms with van der Waals surface area (Å²) in [4.78, 5) is 21.8. The monoisotopic (exact) mass is 287 g/mol. The second-order valence-electron chi connectivity index (χ2n) is 5.46. The summed E-state index contributed by atoms with van der Waals surface area (Å²) >= 11 is 0. The van der Waals surface area contributed by atoms with Crippen LogP contribution in [0.5, 0.6) is 0 Å². The number of halogens is 1. The number of carbonyl (C=O) groups excluding carboxylic acids is 1. The first-order valence-electron chi connectivity index (χ1n) is 7.19. The number of aromatic nitrogens is 2. The Morgan fingerprint density at radius 2 is 2.29 bits per heavy atom. The third-order valence-electron chi connectivity index (χ3n) is 3.91. The highest BCUT2D eigenvalue weighted by Gasteiger charge is 2.31. The lowest BCUT2D eigenvalue weighted by Crippen LogP contribution is -2.32. The van der Waals surface area contributed by atoms with Crippen molar-refractivity contribution in [2.24, 2.45) is 0 Å². The maximum atomic E-state index is 13.7. The Morgan fingerprint density at radius 1 is 1.48 bits per heavy atom. The van der Waals surface area contributed by atoms with Crippen LogP contribution in [-0.2, 0) is 11.2 Å². The molecule has 1 aliphatic rings. The van der Waals surface area contributed by atoms with Gasteiger partial charge in [0.25, 0.3) is 0 Å². The summed E-state index contributed by atoms with van der Waals surface area (Å²) in [5.74, 6) is 0.457. The van der Waals surface area contributed by atoms with E-state index >= 15 is 0 Å². The van der Waals surface area contributed by atoms with Crippen LogP contribution < -0.4 is 0 Å². The Balaban J connectivity index is 1.76. The molecule has 0 spiro atoms. The van der Waals surface area contributed by atoms with E-state index in [9.17, 15) is 9.18 Å². The lowest BCUT2D eigenvalue weighted by Gasteiger charge is -2.23. The number of imidazole rings is 1. The first kappa shape index (κ1) is 13.8. The highest BCUT2D eigenvalue weighted by atomic mass is 19.1. The average molecular weight is 287 g/mol. The van der Waals surface area contributed by atoms with Crippen LogP contribution in [0.4, 0.5) is 4.39 Å². The molecule has 21 heavy (non-hydrogen) atoms. The molecule has 1 atom stereocenters. The van der Waals surface area contributed by atoms with Gasteiger partial charge in [-0.2, -0.15) is 0 Å². The molecule has 0 unspecified atom stereocenters. The quantitative estimate of drug-likeness (QED) is 0.943. The van der Waals surface area contributed by atoms with Gasteiger partial charge in [0.2, 0.25) is 5.91 Å². The van der Waals surface area contributed by atoms with E-state index in [1.54, 1.807) is 24.4 Å². The van der Waals surface area contributed by atoms with Crippen molar-refractivity contribution in [2.75, 3.05) is 6.54 Å². The number of nitrogens with one attached hydrogen (secondary N) is 1. The highest BCUT2D eigenvalue weighted by molar-refractivity contribution is 5.79. The Bertz CT molecular complexity index is 652. The van der Waals surface area contributed by atoms with Crippen molar-refractivity contribution >= 4 is 5.91 Å². The number of H-pyrrole nitrogens is 1.